The van der Waals surface area contributed by atoms with Crippen LogP contribution in [0, 0.1) is 0 Å². The number of rotatable bonds is 5. The molecule has 16 heavy (non-hydrogen) atoms. The van der Waals surface area contributed by atoms with Gasteiger partial charge in [0.05, 0.1) is 5.60 Å². The zero-order chi connectivity index (χ0) is 11.4. The van der Waals surface area contributed by atoms with Crippen molar-refractivity contribution < 1.29 is 5.11 Å². The molecule has 2 bridgehead atoms. The molecular formula is C14H27NO. The van der Waals surface area contributed by atoms with Crippen LogP contribution in [0.1, 0.15) is 71.1 Å². The number of aliphatic hydroxyl groups is 1. The van der Waals surface area contributed by atoms with E-state index in [9.17, 15) is 5.11 Å². The van der Waals surface area contributed by atoms with Gasteiger partial charge in [0.25, 0.3) is 0 Å². The van der Waals surface area contributed by atoms with Crippen LogP contribution < -0.4 is 5.32 Å². The van der Waals surface area contributed by atoms with Gasteiger partial charge in [-0.15, -0.1) is 0 Å². The first-order valence-corrected chi connectivity index (χ1v) is 7.20. The van der Waals surface area contributed by atoms with Gasteiger partial charge in [-0.1, -0.05) is 39.0 Å². The van der Waals surface area contributed by atoms with Crippen LogP contribution in [0.3, 0.4) is 0 Å². The minimum atomic E-state index is -0.339. The van der Waals surface area contributed by atoms with Gasteiger partial charge in [0.15, 0.2) is 0 Å². The zero-order valence-corrected chi connectivity index (χ0v) is 10.7. The van der Waals surface area contributed by atoms with Gasteiger partial charge >= 0.3 is 0 Å². The second-order valence-electron chi connectivity index (χ2n) is 5.93. The third kappa shape index (κ3) is 3.21. The molecule has 0 radical (unpaired) electrons. The maximum atomic E-state index is 10.6. The van der Waals surface area contributed by atoms with Crippen LogP contribution in [-0.4, -0.2) is 22.8 Å². The smallest absolute Gasteiger partial charge is 0.0677 e. The molecule has 2 unspecified atom stereocenters. The first kappa shape index (κ1) is 12.4. The molecule has 2 rings (SSSR count). The van der Waals surface area contributed by atoms with Gasteiger partial charge in [-0.05, 0) is 32.1 Å². The van der Waals surface area contributed by atoms with E-state index in [0.29, 0.717) is 12.1 Å². The van der Waals surface area contributed by atoms with E-state index >= 15 is 0 Å². The summed E-state index contributed by atoms with van der Waals surface area (Å²) in [6.45, 7) is 2.24. The number of nitrogens with one attached hydrogen (secondary N) is 1. The maximum Gasteiger partial charge on any atom is 0.0677 e. The van der Waals surface area contributed by atoms with Crippen LogP contribution in [0.2, 0.25) is 0 Å². The van der Waals surface area contributed by atoms with Crippen molar-refractivity contribution >= 4 is 0 Å². The third-order valence-corrected chi connectivity index (χ3v) is 4.32. The van der Waals surface area contributed by atoms with Crippen molar-refractivity contribution in [3.05, 3.63) is 0 Å². The molecule has 0 saturated carbocycles. The van der Waals surface area contributed by atoms with E-state index in [-0.39, 0.29) is 5.60 Å². The van der Waals surface area contributed by atoms with Crippen LogP contribution in [0.4, 0.5) is 0 Å². The van der Waals surface area contributed by atoms with Gasteiger partial charge in [-0.3, -0.25) is 0 Å². The highest BCUT2D eigenvalue weighted by molar-refractivity contribution is 4.97. The Morgan fingerprint density at radius 3 is 2.44 bits per heavy atom. The molecule has 2 heteroatoms. The third-order valence-electron chi connectivity index (χ3n) is 4.32. The van der Waals surface area contributed by atoms with Crippen LogP contribution >= 0.6 is 0 Å². The second-order valence-corrected chi connectivity index (χ2v) is 5.93. The van der Waals surface area contributed by atoms with Crippen molar-refractivity contribution in [1.29, 1.82) is 0 Å². The Balaban J connectivity index is 1.78. The van der Waals surface area contributed by atoms with Crippen LogP contribution in [0.5, 0.6) is 0 Å². The standard InChI is InChI=1S/C14H27NO/c1-2-3-4-5-9-14(16)10-12-7-6-8-13(11-14)15-12/h12-13,15-16H,2-11H2,1H3. The highest BCUT2D eigenvalue weighted by Gasteiger charge is 2.39. The van der Waals surface area contributed by atoms with E-state index in [1.807, 2.05) is 0 Å². The fraction of sp³-hybridized carbons (Fsp3) is 1.00. The normalized spacial score (nSPS) is 38.6. The summed E-state index contributed by atoms with van der Waals surface area (Å²) < 4.78 is 0. The Kier molecular flexibility index (Phi) is 4.26. The van der Waals surface area contributed by atoms with E-state index in [4.69, 9.17) is 0 Å². The van der Waals surface area contributed by atoms with Gasteiger partial charge in [-0.25, -0.2) is 0 Å². The molecular weight excluding hydrogens is 198 g/mol. The maximum absolute atomic E-state index is 10.6. The first-order valence-electron chi connectivity index (χ1n) is 7.20. The molecule has 2 N–H and O–H groups in total. The molecule has 0 aliphatic carbocycles. The molecule has 2 nitrogen and oxygen atoms in total. The average molecular weight is 225 g/mol. The van der Waals surface area contributed by atoms with Gasteiger partial charge in [0.2, 0.25) is 0 Å². The monoisotopic (exact) mass is 225 g/mol. The topological polar surface area (TPSA) is 32.3 Å². The van der Waals surface area contributed by atoms with Crippen molar-refractivity contribution in [2.45, 2.75) is 88.8 Å². The fourth-order valence-corrected chi connectivity index (χ4v) is 3.52. The molecule has 94 valence electrons. The quantitative estimate of drug-likeness (QED) is 0.705. The lowest BCUT2D eigenvalue weighted by Crippen LogP contribution is -2.55. The number of fused-ring (bicyclic) bond motifs is 2. The molecule has 2 atom stereocenters. The minimum Gasteiger partial charge on any atom is -0.390 e. The molecule has 2 aliphatic rings. The lowest BCUT2D eigenvalue weighted by Gasteiger charge is -2.45. The summed E-state index contributed by atoms with van der Waals surface area (Å²) in [5, 5.41) is 14.3. The second kappa shape index (κ2) is 5.50. The molecule has 2 heterocycles. The molecule has 0 spiro atoms. The zero-order valence-electron chi connectivity index (χ0n) is 10.7. The summed E-state index contributed by atoms with van der Waals surface area (Å²) in [5.74, 6) is 0. The Hall–Kier alpha value is -0.0800. The lowest BCUT2D eigenvalue weighted by molar-refractivity contribution is -0.0387. The molecule has 2 aliphatic heterocycles. The molecule has 0 aromatic carbocycles. The predicted octanol–water partition coefficient (Wildman–Crippen LogP) is 2.99. The summed E-state index contributed by atoms with van der Waals surface area (Å²) in [5.41, 5.74) is -0.339. The van der Waals surface area contributed by atoms with Crippen molar-refractivity contribution in [2.75, 3.05) is 0 Å². The molecule has 0 amide bonds. The number of unbranched alkanes of at least 4 members (excludes halogenated alkanes) is 3. The number of hydrogen-bond acceptors (Lipinski definition) is 2. The van der Waals surface area contributed by atoms with Crippen molar-refractivity contribution in [2.24, 2.45) is 0 Å². The van der Waals surface area contributed by atoms with Crippen LogP contribution in [-0.2, 0) is 0 Å². The Bertz CT molecular complexity index is 205. The predicted molar refractivity (Wildman–Crippen MR) is 67.5 cm³/mol. The Morgan fingerprint density at radius 1 is 1.12 bits per heavy atom. The summed E-state index contributed by atoms with van der Waals surface area (Å²) in [6, 6.07) is 1.20. The summed E-state index contributed by atoms with van der Waals surface area (Å²) in [4.78, 5) is 0. The SMILES string of the molecule is CCCCCCC1(O)CC2CCCC(C1)N2. The Labute approximate surface area is 99.8 Å². The van der Waals surface area contributed by atoms with Crippen molar-refractivity contribution in [1.82, 2.24) is 5.32 Å². The van der Waals surface area contributed by atoms with Crippen molar-refractivity contribution in [3.63, 3.8) is 0 Å². The van der Waals surface area contributed by atoms with Gasteiger partial charge in [-0.2, -0.15) is 0 Å². The van der Waals surface area contributed by atoms with Crippen molar-refractivity contribution in [3.8, 4) is 0 Å². The van der Waals surface area contributed by atoms with E-state index in [1.165, 1.54) is 44.9 Å². The number of piperidine rings is 2. The van der Waals surface area contributed by atoms with E-state index in [1.54, 1.807) is 0 Å². The highest BCUT2D eigenvalue weighted by Crippen LogP contribution is 2.35. The molecule has 0 aromatic heterocycles. The molecule has 2 saturated heterocycles. The van der Waals surface area contributed by atoms with E-state index < -0.39 is 0 Å². The summed E-state index contributed by atoms with van der Waals surface area (Å²) in [6.07, 6.45) is 12.0. The Morgan fingerprint density at radius 2 is 1.81 bits per heavy atom. The molecule has 0 aromatic rings. The van der Waals surface area contributed by atoms with Crippen LogP contribution in [0.25, 0.3) is 0 Å². The fourth-order valence-electron chi connectivity index (χ4n) is 3.52. The first-order chi connectivity index (χ1) is 7.72. The minimum absolute atomic E-state index is 0.339. The lowest BCUT2D eigenvalue weighted by atomic mass is 9.75. The summed E-state index contributed by atoms with van der Waals surface area (Å²) in [7, 11) is 0. The highest BCUT2D eigenvalue weighted by atomic mass is 16.3. The number of hydrogen-bond donors (Lipinski definition) is 2. The summed E-state index contributed by atoms with van der Waals surface area (Å²) >= 11 is 0. The van der Waals surface area contributed by atoms with Gasteiger partial charge in [0, 0.05) is 12.1 Å². The molecule has 2 fully saturated rings. The average Bonchev–Trinajstić information content (AvgIpc) is 2.24. The largest absolute Gasteiger partial charge is 0.390 e. The van der Waals surface area contributed by atoms with Crippen LogP contribution in [0.15, 0.2) is 0 Å². The van der Waals surface area contributed by atoms with Gasteiger partial charge < -0.3 is 10.4 Å². The van der Waals surface area contributed by atoms with Gasteiger partial charge in [0.1, 0.15) is 0 Å². The van der Waals surface area contributed by atoms with E-state index in [2.05, 4.69) is 12.2 Å². The van der Waals surface area contributed by atoms with E-state index in [0.717, 1.165) is 19.3 Å².